The highest BCUT2D eigenvalue weighted by Gasteiger charge is 2.35. The maximum atomic E-state index is 9.18. The van der Waals surface area contributed by atoms with Crippen LogP contribution in [-0.2, 0) is 0 Å². The van der Waals surface area contributed by atoms with Gasteiger partial charge in [0.2, 0.25) is 0 Å². The van der Waals surface area contributed by atoms with Gasteiger partial charge in [0.05, 0.1) is 24.9 Å². The van der Waals surface area contributed by atoms with Crippen LogP contribution in [0, 0.1) is 0 Å². The summed E-state index contributed by atoms with van der Waals surface area (Å²) >= 11 is 0. The van der Waals surface area contributed by atoms with Crippen molar-refractivity contribution < 1.29 is 20.4 Å². The highest BCUT2D eigenvalue weighted by molar-refractivity contribution is 5.85. The van der Waals surface area contributed by atoms with Crippen LogP contribution in [0.2, 0.25) is 0 Å². The van der Waals surface area contributed by atoms with Crippen molar-refractivity contribution in [1.82, 2.24) is 5.32 Å². The fourth-order valence-corrected chi connectivity index (χ4v) is 1.15. The summed E-state index contributed by atoms with van der Waals surface area (Å²) < 4.78 is 0. The summed E-state index contributed by atoms with van der Waals surface area (Å²) in [4.78, 5) is 0. The fraction of sp³-hybridized carbons (Fsp3) is 1.00. The molecule has 1 aliphatic heterocycles. The SMILES string of the molecule is Cl.OCC1NC[C@H](O)[C@@H](O)[C@H]1O. The van der Waals surface area contributed by atoms with E-state index in [1.54, 1.807) is 0 Å². The molecule has 1 rings (SSSR count). The minimum atomic E-state index is -1.16. The van der Waals surface area contributed by atoms with Gasteiger partial charge in [0.25, 0.3) is 0 Å². The average Bonchev–Trinajstić information content (AvgIpc) is 2.01. The van der Waals surface area contributed by atoms with Gasteiger partial charge in [0.15, 0.2) is 0 Å². The van der Waals surface area contributed by atoms with Gasteiger partial charge in [-0.1, -0.05) is 0 Å². The van der Waals surface area contributed by atoms with Crippen LogP contribution in [-0.4, -0.2) is 57.9 Å². The summed E-state index contributed by atoms with van der Waals surface area (Å²) in [5.41, 5.74) is 0. The number of halogens is 1. The van der Waals surface area contributed by atoms with Crippen LogP contribution in [0.1, 0.15) is 0 Å². The first-order valence-corrected chi connectivity index (χ1v) is 3.55. The van der Waals surface area contributed by atoms with E-state index in [1.807, 2.05) is 0 Å². The molecule has 0 aromatic carbocycles. The molecule has 5 nitrogen and oxygen atoms in total. The van der Waals surface area contributed by atoms with Gasteiger partial charge in [-0.25, -0.2) is 0 Å². The maximum absolute atomic E-state index is 9.18. The van der Waals surface area contributed by atoms with Crippen molar-refractivity contribution in [3.63, 3.8) is 0 Å². The first-order chi connectivity index (χ1) is 5.16. The van der Waals surface area contributed by atoms with Crippen LogP contribution in [0.5, 0.6) is 0 Å². The van der Waals surface area contributed by atoms with Gasteiger partial charge >= 0.3 is 0 Å². The van der Waals surface area contributed by atoms with E-state index in [2.05, 4.69) is 5.32 Å². The van der Waals surface area contributed by atoms with E-state index in [0.717, 1.165) is 0 Å². The van der Waals surface area contributed by atoms with Crippen molar-refractivity contribution >= 4 is 12.4 Å². The molecule has 0 bridgehead atoms. The fourth-order valence-electron chi connectivity index (χ4n) is 1.15. The second-order valence-corrected chi connectivity index (χ2v) is 2.75. The molecule has 0 spiro atoms. The molecule has 4 atom stereocenters. The Morgan fingerprint density at radius 3 is 2.25 bits per heavy atom. The lowest BCUT2D eigenvalue weighted by Crippen LogP contribution is -2.60. The summed E-state index contributed by atoms with van der Waals surface area (Å²) in [6, 6.07) is -0.534. The Morgan fingerprint density at radius 1 is 1.17 bits per heavy atom. The van der Waals surface area contributed by atoms with Crippen molar-refractivity contribution in [1.29, 1.82) is 0 Å². The molecule has 0 aromatic rings. The Morgan fingerprint density at radius 2 is 1.75 bits per heavy atom. The zero-order chi connectivity index (χ0) is 8.43. The van der Waals surface area contributed by atoms with Crippen LogP contribution in [0.4, 0.5) is 0 Å². The Bertz CT molecular complexity index is 135. The minimum absolute atomic E-state index is 0. The molecule has 0 radical (unpaired) electrons. The minimum Gasteiger partial charge on any atom is -0.395 e. The van der Waals surface area contributed by atoms with Crippen molar-refractivity contribution in [2.24, 2.45) is 0 Å². The molecule has 1 fully saturated rings. The molecule has 0 saturated carbocycles. The van der Waals surface area contributed by atoms with Gasteiger partial charge in [-0.05, 0) is 0 Å². The largest absolute Gasteiger partial charge is 0.395 e. The summed E-state index contributed by atoms with van der Waals surface area (Å²) in [5, 5.41) is 38.6. The van der Waals surface area contributed by atoms with Crippen LogP contribution in [0.15, 0.2) is 0 Å². The van der Waals surface area contributed by atoms with Crippen molar-refractivity contribution in [2.45, 2.75) is 24.4 Å². The number of β-amino-alcohol motifs (C(OH)–C–C–N with tert-alkyl or cyclic N) is 1. The van der Waals surface area contributed by atoms with Gasteiger partial charge in [-0.2, -0.15) is 0 Å². The van der Waals surface area contributed by atoms with Crippen molar-refractivity contribution in [3.05, 3.63) is 0 Å². The van der Waals surface area contributed by atoms with Gasteiger partial charge in [-0.3, -0.25) is 0 Å². The number of nitrogens with one attached hydrogen (secondary N) is 1. The second-order valence-electron chi connectivity index (χ2n) is 2.75. The third-order valence-corrected chi connectivity index (χ3v) is 1.94. The molecule has 1 heterocycles. The topological polar surface area (TPSA) is 93.0 Å². The zero-order valence-electron chi connectivity index (χ0n) is 6.42. The molecule has 74 valence electrons. The number of aliphatic hydroxyl groups is 4. The number of hydrogen-bond donors (Lipinski definition) is 5. The molecule has 0 aliphatic carbocycles. The number of aliphatic hydroxyl groups excluding tert-OH is 4. The van der Waals surface area contributed by atoms with Crippen LogP contribution in [0.25, 0.3) is 0 Å². The van der Waals surface area contributed by atoms with E-state index >= 15 is 0 Å². The molecule has 5 N–H and O–H groups in total. The molecule has 6 heteroatoms. The molecule has 1 aliphatic rings. The van der Waals surface area contributed by atoms with E-state index in [0.29, 0.717) is 0 Å². The van der Waals surface area contributed by atoms with Gasteiger partial charge in [-0.15, -0.1) is 12.4 Å². The standard InChI is InChI=1S/C6H13NO4.ClH/c8-2-3-5(10)6(11)4(9)1-7-3;/h3-11H,1-2H2;1H/t3?,4-,5-,6+;/m0./s1. The quantitative estimate of drug-likeness (QED) is 0.321. The summed E-state index contributed by atoms with van der Waals surface area (Å²) in [5.74, 6) is 0. The molecular weight excluding hydrogens is 186 g/mol. The molecular formula is C6H14ClNO4. The average molecular weight is 200 g/mol. The second kappa shape index (κ2) is 4.96. The Hall–Kier alpha value is 0.0900. The number of piperidine rings is 1. The van der Waals surface area contributed by atoms with Crippen LogP contribution in [0.3, 0.4) is 0 Å². The Labute approximate surface area is 76.4 Å². The molecule has 0 amide bonds. The summed E-state index contributed by atoms with van der Waals surface area (Å²) in [6.45, 7) is -0.0472. The van der Waals surface area contributed by atoms with Crippen molar-refractivity contribution in [2.75, 3.05) is 13.2 Å². The van der Waals surface area contributed by atoms with Crippen molar-refractivity contribution in [3.8, 4) is 0 Å². The molecule has 1 unspecified atom stereocenters. The lowest BCUT2D eigenvalue weighted by Gasteiger charge is -2.34. The summed E-state index contributed by atoms with van der Waals surface area (Å²) in [7, 11) is 0. The number of hydrogen-bond acceptors (Lipinski definition) is 5. The van der Waals surface area contributed by atoms with E-state index in [4.69, 9.17) is 15.3 Å². The van der Waals surface area contributed by atoms with Gasteiger partial charge in [0.1, 0.15) is 6.10 Å². The monoisotopic (exact) mass is 199 g/mol. The number of rotatable bonds is 1. The Balaban J connectivity index is 0.00000121. The molecule has 12 heavy (non-hydrogen) atoms. The highest BCUT2D eigenvalue weighted by atomic mass is 35.5. The zero-order valence-corrected chi connectivity index (χ0v) is 7.24. The van der Waals surface area contributed by atoms with Crippen LogP contribution < -0.4 is 5.32 Å². The Kier molecular flexibility index (Phi) is 5.00. The highest BCUT2D eigenvalue weighted by Crippen LogP contribution is 2.09. The summed E-state index contributed by atoms with van der Waals surface area (Å²) in [6.07, 6.45) is -3.20. The first kappa shape index (κ1) is 12.1. The van der Waals surface area contributed by atoms with Crippen LogP contribution >= 0.6 is 12.4 Å². The normalized spacial score (nSPS) is 42.0. The third kappa shape index (κ3) is 2.29. The molecule has 1 saturated heterocycles. The van der Waals surface area contributed by atoms with E-state index < -0.39 is 24.4 Å². The first-order valence-electron chi connectivity index (χ1n) is 3.55. The van der Waals surface area contributed by atoms with E-state index in [-0.39, 0.29) is 25.6 Å². The lowest BCUT2D eigenvalue weighted by atomic mass is 9.97. The molecule has 0 aromatic heterocycles. The smallest absolute Gasteiger partial charge is 0.109 e. The third-order valence-electron chi connectivity index (χ3n) is 1.94. The van der Waals surface area contributed by atoms with Gasteiger partial charge < -0.3 is 25.7 Å². The predicted molar refractivity (Wildman–Crippen MR) is 44.1 cm³/mol. The lowest BCUT2D eigenvalue weighted by molar-refractivity contribution is -0.101. The predicted octanol–water partition coefficient (Wildman–Crippen LogP) is -2.54. The van der Waals surface area contributed by atoms with E-state index in [1.165, 1.54) is 0 Å². The van der Waals surface area contributed by atoms with Gasteiger partial charge in [0, 0.05) is 6.54 Å². The van der Waals surface area contributed by atoms with E-state index in [9.17, 15) is 5.11 Å². The maximum Gasteiger partial charge on any atom is 0.109 e.